The second-order valence-electron chi connectivity index (χ2n) is 5.06. The van der Waals surface area contributed by atoms with Crippen LogP contribution in [0, 0.1) is 11.6 Å². The summed E-state index contributed by atoms with van der Waals surface area (Å²) in [4.78, 5) is 4.29. The van der Waals surface area contributed by atoms with Crippen LogP contribution in [0.5, 0.6) is 0 Å². The molecule has 0 saturated heterocycles. The zero-order valence-electron chi connectivity index (χ0n) is 12.0. The van der Waals surface area contributed by atoms with Crippen molar-refractivity contribution in [1.82, 2.24) is 9.55 Å². The highest BCUT2D eigenvalue weighted by atomic mass is 35.5. The summed E-state index contributed by atoms with van der Waals surface area (Å²) in [6.45, 7) is 5.95. The van der Waals surface area contributed by atoms with E-state index in [-0.39, 0.29) is 16.9 Å². The van der Waals surface area contributed by atoms with Crippen LogP contribution in [-0.2, 0) is 0 Å². The van der Waals surface area contributed by atoms with E-state index in [0.717, 1.165) is 25.3 Å². The lowest BCUT2D eigenvalue weighted by Gasteiger charge is -2.20. The third-order valence-electron chi connectivity index (χ3n) is 3.55. The highest BCUT2D eigenvalue weighted by Crippen LogP contribution is 2.32. The van der Waals surface area contributed by atoms with Crippen LogP contribution < -0.4 is 0 Å². The van der Waals surface area contributed by atoms with E-state index < -0.39 is 11.6 Å². The van der Waals surface area contributed by atoms with Crippen LogP contribution in [0.15, 0.2) is 12.1 Å². The van der Waals surface area contributed by atoms with E-state index in [1.54, 1.807) is 6.92 Å². The molecule has 0 aliphatic carbocycles. The van der Waals surface area contributed by atoms with Crippen molar-refractivity contribution in [3.8, 4) is 0 Å². The third-order valence-corrected chi connectivity index (χ3v) is 3.75. The largest absolute Gasteiger partial charge is 0.323 e. The molecule has 0 radical (unpaired) electrons. The molecule has 0 amide bonds. The third kappa shape index (κ3) is 2.66. The van der Waals surface area contributed by atoms with Gasteiger partial charge in [0, 0.05) is 12.1 Å². The van der Waals surface area contributed by atoms with E-state index in [1.807, 2.05) is 4.57 Å². The summed E-state index contributed by atoms with van der Waals surface area (Å²) in [6, 6.07) is 2.36. The molecule has 2 atom stereocenters. The molecule has 0 aliphatic heterocycles. The standard InChI is InChI=1S/C15H19ClF2N2/c1-4-6-11(5-2)20-13-8-10(17)7-12(18)14(13)19-15(20)9(3)16/h7-9,11H,4-6H2,1-3H3. The lowest BCUT2D eigenvalue weighted by Crippen LogP contribution is -2.12. The fraction of sp³-hybridized carbons (Fsp3) is 0.533. The van der Waals surface area contributed by atoms with Gasteiger partial charge in [0.1, 0.15) is 17.2 Å². The molecule has 5 heteroatoms. The minimum atomic E-state index is -0.635. The van der Waals surface area contributed by atoms with E-state index in [2.05, 4.69) is 18.8 Å². The quantitative estimate of drug-likeness (QED) is 0.679. The topological polar surface area (TPSA) is 17.8 Å². The molecule has 0 N–H and O–H groups in total. The minimum Gasteiger partial charge on any atom is -0.323 e. The lowest BCUT2D eigenvalue weighted by molar-refractivity contribution is 0.443. The molecule has 2 aromatic rings. The van der Waals surface area contributed by atoms with Gasteiger partial charge in [-0.05, 0) is 25.8 Å². The van der Waals surface area contributed by atoms with Gasteiger partial charge in [-0.1, -0.05) is 20.3 Å². The average molecular weight is 301 g/mol. The molecule has 0 saturated carbocycles. The molecule has 2 rings (SSSR count). The highest BCUT2D eigenvalue weighted by Gasteiger charge is 2.22. The second-order valence-corrected chi connectivity index (χ2v) is 5.72. The Morgan fingerprint density at radius 1 is 1.30 bits per heavy atom. The molecule has 2 unspecified atom stereocenters. The van der Waals surface area contributed by atoms with Crippen LogP contribution in [0.1, 0.15) is 57.3 Å². The van der Waals surface area contributed by atoms with Crippen molar-refractivity contribution in [1.29, 1.82) is 0 Å². The molecule has 0 fully saturated rings. The van der Waals surface area contributed by atoms with Crippen molar-refractivity contribution in [2.45, 2.75) is 51.5 Å². The van der Waals surface area contributed by atoms with Crippen LogP contribution in [0.2, 0.25) is 0 Å². The monoisotopic (exact) mass is 300 g/mol. The summed E-state index contributed by atoms with van der Waals surface area (Å²) in [7, 11) is 0. The number of benzene rings is 1. The normalized spacial score (nSPS) is 14.7. The van der Waals surface area contributed by atoms with Gasteiger partial charge in [0.15, 0.2) is 5.82 Å². The van der Waals surface area contributed by atoms with Gasteiger partial charge < -0.3 is 4.57 Å². The van der Waals surface area contributed by atoms with Crippen LogP contribution >= 0.6 is 11.6 Å². The Labute approximate surface area is 122 Å². The fourth-order valence-corrected chi connectivity index (χ4v) is 2.81. The maximum atomic E-state index is 13.9. The van der Waals surface area contributed by atoms with Crippen molar-refractivity contribution in [3.05, 3.63) is 29.6 Å². The van der Waals surface area contributed by atoms with Crippen molar-refractivity contribution >= 4 is 22.6 Å². The van der Waals surface area contributed by atoms with Crippen molar-refractivity contribution in [2.75, 3.05) is 0 Å². The van der Waals surface area contributed by atoms with Gasteiger partial charge in [0.2, 0.25) is 0 Å². The van der Waals surface area contributed by atoms with Gasteiger partial charge >= 0.3 is 0 Å². The molecule has 2 nitrogen and oxygen atoms in total. The predicted molar refractivity (Wildman–Crippen MR) is 78.2 cm³/mol. The SMILES string of the molecule is CCCC(CC)n1c(C(C)Cl)nc2c(F)cc(F)cc21. The lowest BCUT2D eigenvalue weighted by atomic mass is 10.1. The Balaban J connectivity index is 2.73. The summed E-state index contributed by atoms with van der Waals surface area (Å²) in [5, 5.41) is -0.351. The van der Waals surface area contributed by atoms with E-state index in [9.17, 15) is 8.78 Å². The van der Waals surface area contributed by atoms with Gasteiger partial charge in [-0.2, -0.15) is 0 Å². The predicted octanol–water partition coefficient (Wildman–Crippen LogP) is 5.37. The maximum Gasteiger partial charge on any atom is 0.153 e. The summed E-state index contributed by atoms with van der Waals surface area (Å²) < 4.78 is 29.3. The number of hydrogen-bond donors (Lipinski definition) is 0. The minimum absolute atomic E-state index is 0.155. The van der Waals surface area contributed by atoms with Crippen molar-refractivity contribution < 1.29 is 8.78 Å². The van der Waals surface area contributed by atoms with E-state index in [1.165, 1.54) is 6.07 Å². The molecule has 0 spiro atoms. The summed E-state index contributed by atoms with van der Waals surface area (Å²) in [6.07, 6.45) is 2.79. The number of alkyl halides is 1. The van der Waals surface area contributed by atoms with E-state index >= 15 is 0 Å². The molecule has 110 valence electrons. The number of nitrogens with zero attached hydrogens (tertiary/aromatic N) is 2. The average Bonchev–Trinajstić information content (AvgIpc) is 2.75. The number of fused-ring (bicyclic) bond motifs is 1. The first-order valence-electron chi connectivity index (χ1n) is 7.00. The Hall–Kier alpha value is -1.16. The Morgan fingerprint density at radius 3 is 2.55 bits per heavy atom. The molecular weight excluding hydrogens is 282 g/mol. The van der Waals surface area contributed by atoms with Crippen LogP contribution in [0.4, 0.5) is 8.78 Å². The second kappa shape index (κ2) is 6.08. The number of imidazole rings is 1. The fourth-order valence-electron chi connectivity index (χ4n) is 2.65. The van der Waals surface area contributed by atoms with Crippen molar-refractivity contribution in [2.24, 2.45) is 0 Å². The van der Waals surface area contributed by atoms with Gasteiger partial charge in [-0.15, -0.1) is 11.6 Å². The van der Waals surface area contributed by atoms with Gasteiger partial charge in [-0.3, -0.25) is 0 Å². The van der Waals surface area contributed by atoms with Crippen LogP contribution in [0.3, 0.4) is 0 Å². The summed E-state index contributed by atoms with van der Waals surface area (Å²) >= 11 is 6.17. The van der Waals surface area contributed by atoms with Crippen LogP contribution in [-0.4, -0.2) is 9.55 Å². The molecule has 1 aromatic heterocycles. The Morgan fingerprint density at radius 2 is 2.00 bits per heavy atom. The first kappa shape index (κ1) is 15.2. The smallest absolute Gasteiger partial charge is 0.153 e. The number of aromatic nitrogens is 2. The zero-order chi connectivity index (χ0) is 14.9. The van der Waals surface area contributed by atoms with Crippen molar-refractivity contribution in [3.63, 3.8) is 0 Å². The van der Waals surface area contributed by atoms with E-state index in [0.29, 0.717) is 11.3 Å². The highest BCUT2D eigenvalue weighted by molar-refractivity contribution is 6.20. The first-order chi connectivity index (χ1) is 9.49. The van der Waals surface area contributed by atoms with Crippen LogP contribution in [0.25, 0.3) is 11.0 Å². The summed E-state index contributed by atoms with van der Waals surface area (Å²) in [5.74, 6) is -0.619. The Bertz CT molecular complexity index is 607. The molecule has 1 aromatic carbocycles. The molecule has 20 heavy (non-hydrogen) atoms. The summed E-state index contributed by atoms with van der Waals surface area (Å²) in [5.41, 5.74) is 0.689. The maximum absolute atomic E-state index is 13.9. The zero-order valence-corrected chi connectivity index (χ0v) is 12.7. The van der Waals surface area contributed by atoms with Gasteiger partial charge in [0.05, 0.1) is 10.9 Å². The number of rotatable bonds is 5. The van der Waals surface area contributed by atoms with E-state index in [4.69, 9.17) is 11.6 Å². The molecule has 1 heterocycles. The Kier molecular flexibility index (Phi) is 4.63. The van der Waals surface area contributed by atoms with Gasteiger partial charge in [-0.25, -0.2) is 13.8 Å². The number of halogens is 3. The van der Waals surface area contributed by atoms with Gasteiger partial charge in [0.25, 0.3) is 0 Å². The molecule has 0 aliphatic rings. The molecule has 0 bridgehead atoms. The first-order valence-corrected chi connectivity index (χ1v) is 7.44. The molecular formula is C15H19ClF2N2. The number of hydrogen-bond acceptors (Lipinski definition) is 1.